The van der Waals surface area contributed by atoms with Gasteiger partial charge in [0.1, 0.15) is 5.82 Å². The van der Waals surface area contributed by atoms with Gasteiger partial charge in [-0.05, 0) is 23.6 Å². The Morgan fingerprint density at radius 3 is 2.69 bits per heavy atom. The molecule has 2 N–H and O–H groups in total. The van der Waals surface area contributed by atoms with Crippen LogP contribution in [-0.4, -0.2) is 0 Å². The number of halogens is 2. The summed E-state index contributed by atoms with van der Waals surface area (Å²) in [6, 6.07) is 8.18. The lowest BCUT2D eigenvalue weighted by molar-refractivity contribution is 0.630. The van der Waals surface area contributed by atoms with Crippen LogP contribution in [0, 0.1) is 5.82 Å². The number of fused-ring (bicyclic) bond motifs is 1. The van der Waals surface area contributed by atoms with Crippen molar-refractivity contribution >= 4 is 28.1 Å². The Bertz CT molecular complexity index is 468. The molecule has 13 heavy (non-hydrogen) atoms. The molecule has 0 aromatic heterocycles. The summed E-state index contributed by atoms with van der Waals surface area (Å²) in [5.41, 5.74) is 6.22. The van der Waals surface area contributed by atoms with Crippen molar-refractivity contribution in [2.45, 2.75) is 0 Å². The molecule has 0 atom stereocenters. The molecule has 0 bridgehead atoms. The normalized spacial score (nSPS) is 10.6. The van der Waals surface area contributed by atoms with Crippen LogP contribution >= 0.6 is 11.6 Å². The third-order valence-electron chi connectivity index (χ3n) is 1.93. The average Bonchev–Trinajstić information content (AvgIpc) is 2.12. The van der Waals surface area contributed by atoms with E-state index in [1.165, 1.54) is 6.07 Å². The summed E-state index contributed by atoms with van der Waals surface area (Å²) >= 11 is 5.76. The van der Waals surface area contributed by atoms with E-state index >= 15 is 0 Å². The fourth-order valence-electron chi connectivity index (χ4n) is 1.28. The second-order valence-electron chi connectivity index (χ2n) is 2.84. The molecule has 0 aliphatic heterocycles. The molecule has 0 fully saturated rings. The quantitative estimate of drug-likeness (QED) is 0.642. The SMILES string of the molecule is Nc1ccc2c(Cl)c(F)ccc2c1. The maximum Gasteiger partial charge on any atom is 0.142 e. The molecule has 0 unspecified atom stereocenters. The van der Waals surface area contributed by atoms with E-state index in [1.54, 1.807) is 24.3 Å². The second kappa shape index (κ2) is 2.89. The molecule has 0 spiro atoms. The van der Waals surface area contributed by atoms with Gasteiger partial charge in [0.2, 0.25) is 0 Å². The Morgan fingerprint density at radius 2 is 1.92 bits per heavy atom. The number of benzene rings is 2. The fourth-order valence-corrected chi connectivity index (χ4v) is 1.52. The van der Waals surface area contributed by atoms with Gasteiger partial charge in [-0.2, -0.15) is 0 Å². The highest BCUT2D eigenvalue weighted by atomic mass is 35.5. The molecule has 66 valence electrons. The van der Waals surface area contributed by atoms with Crippen LogP contribution in [0.1, 0.15) is 0 Å². The van der Waals surface area contributed by atoms with Crippen molar-refractivity contribution in [2.24, 2.45) is 0 Å². The lowest BCUT2D eigenvalue weighted by atomic mass is 10.1. The van der Waals surface area contributed by atoms with Crippen LogP contribution in [0.4, 0.5) is 10.1 Å². The van der Waals surface area contributed by atoms with Crippen molar-refractivity contribution in [2.75, 3.05) is 5.73 Å². The number of nitrogen functional groups attached to an aromatic ring is 1. The summed E-state index contributed by atoms with van der Waals surface area (Å²) in [5, 5.41) is 1.69. The summed E-state index contributed by atoms with van der Waals surface area (Å²) in [6.45, 7) is 0. The van der Waals surface area contributed by atoms with Crippen LogP contribution < -0.4 is 5.73 Å². The summed E-state index contributed by atoms with van der Waals surface area (Å²) < 4.78 is 13.0. The average molecular weight is 196 g/mol. The molecule has 2 aromatic rings. The first-order valence-corrected chi connectivity index (χ1v) is 4.19. The van der Waals surface area contributed by atoms with E-state index in [1.807, 2.05) is 0 Å². The van der Waals surface area contributed by atoms with E-state index in [9.17, 15) is 4.39 Å². The van der Waals surface area contributed by atoms with Gasteiger partial charge in [0.05, 0.1) is 5.02 Å². The van der Waals surface area contributed by atoms with E-state index in [0.717, 1.165) is 5.39 Å². The number of anilines is 1. The molecule has 0 aliphatic carbocycles. The van der Waals surface area contributed by atoms with E-state index in [2.05, 4.69) is 0 Å². The van der Waals surface area contributed by atoms with Crippen LogP contribution in [0.5, 0.6) is 0 Å². The Morgan fingerprint density at radius 1 is 1.15 bits per heavy atom. The maximum absolute atomic E-state index is 13.0. The number of nitrogens with two attached hydrogens (primary N) is 1. The van der Waals surface area contributed by atoms with Crippen LogP contribution in [0.15, 0.2) is 30.3 Å². The molecule has 0 saturated carbocycles. The summed E-state index contributed by atoms with van der Waals surface area (Å²) in [5.74, 6) is -0.404. The number of rotatable bonds is 0. The highest BCUT2D eigenvalue weighted by Gasteiger charge is 2.04. The standard InChI is InChI=1S/C10H7ClFN/c11-10-8-3-2-7(13)5-6(8)1-4-9(10)12/h1-5H,13H2. The lowest BCUT2D eigenvalue weighted by Crippen LogP contribution is -1.85. The van der Waals surface area contributed by atoms with Gasteiger partial charge in [-0.15, -0.1) is 0 Å². The van der Waals surface area contributed by atoms with Gasteiger partial charge in [0.25, 0.3) is 0 Å². The topological polar surface area (TPSA) is 26.0 Å². The maximum atomic E-state index is 13.0. The van der Waals surface area contributed by atoms with Crippen molar-refractivity contribution in [1.82, 2.24) is 0 Å². The molecule has 0 heterocycles. The molecule has 2 aromatic carbocycles. The zero-order valence-electron chi connectivity index (χ0n) is 6.72. The van der Waals surface area contributed by atoms with Crippen LogP contribution in [0.3, 0.4) is 0 Å². The van der Waals surface area contributed by atoms with Gasteiger partial charge >= 0.3 is 0 Å². The third-order valence-corrected chi connectivity index (χ3v) is 2.32. The largest absolute Gasteiger partial charge is 0.399 e. The number of hydrogen-bond acceptors (Lipinski definition) is 1. The zero-order chi connectivity index (χ0) is 9.42. The molecule has 0 amide bonds. The van der Waals surface area contributed by atoms with Gasteiger partial charge in [-0.1, -0.05) is 23.7 Å². The summed E-state index contributed by atoms with van der Waals surface area (Å²) in [6.07, 6.45) is 0. The minimum Gasteiger partial charge on any atom is -0.399 e. The van der Waals surface area contributed by atoms with Gasteiger partial charge in [-0.25, -0.2) is 4.39 Å². The number of hydrogen-bond donors (Lipinski definition) is 1. The second-order valence-corrected chi connectivity index (χ2v) is 3.22. The third kappa shape index (κ3) is 1.33. The molecular weight excluding hydrogens is 189 g/mol. The fraction of sp³-hybridized carbons (Fsp3) is 0. The highest BCUT2D eigenvalue weighted by molar-refractivity contribution is 6.35. The Labute approximate surface area is 79.9 Å². The molecule has 2 rings (SSSR count). The Balaban J connectivity index is 2.87. The molecule has 0 saturated heterocycles. The van der Waals surface area contributed by atoms with Crippen LogP contribution in [-0.2, 0) is 0 Å². The summed E-state index contributed by atoms with van der Waals surface area (Å²) in [4.78, 5) is 0. The van der Waals surface area contributed by atoms with E-state index in [0.29, 0.717) is 11.1 Å². The van der Waals surface area contributed by atoms with Crippen molar-refractivity contribution in [3.8, 4) is 0 Å². The van der Waals surface area contributed by atoms with Crippen molar-refractivity contribution in [3.63, 3.8) is 0 Å². The highest BCUT2D eigenvalue weighted by Crippen LogP contribution is 2.27. The monoisotopic (exact) mass is 195 g/mol. The van der Waals surface area contributed by atoms with E-state index in [4.69, 9.17) is 17.3 Å². The van der Waals surface area contributed by atoms with Crippen molar-refractivity contribution in [3.05, 3.63) is 41.2 Å². The van der Waals surface area contributed by atoms with Gasteiger partial charge < -0.3 is 5.73 Å². The van der Waals surface area contributed by atoms with Crippen molar-refractivity contribution < 1.29 is 4.39 Å². The molecule has 1 nitrogen and oxygen atoms in total. The van der Waals surface area contributed by atoms with Gasteiger partial charge in [-0.3, -0.25) is 0 Å². The first-order valence-electron chi connectivity index (χ1n) is 3.82. The molecular formula is C10H7ClFN. The predicted octanol–water partition coefficient (Wildman–Crippen LogP) is 3.21. The smallest absolute Gasteiger partial charge is 0.142 e. The van der Waals surface area contributed by atoms with Crippen LogP contribution in [0.25, 0.3) is 10.8 Å². The van der Waals surface area contributed by atoms with E-state index in [-0.39, 0.29) is 5.02 Å². The molecule has 0 radical (unpaired) electrons. The van der Waals surface area contributed by atoms with Gasteiger partial charge in [0, 0.05) is 11.1 Å². The minimum atomic E-state index is -0.404. The lowest BCUT2D eigenvalue weighted by Gasteiger charge is -2.02. The molecule has 0 aliphatic rings. The summed E-state index contributed by atoms with van der Waals surface area (Å²) in [7, 11) is 0. The van der Waals surface area contributed by atoms with Gasteiger partial charge in [0.15, 0.2) is 0 Å². The first-order chi connectivity index (χ1) is 6.18. The molecule has 3 heteroatoms. The Hall–Kier alpha value is -1.28. The van der Waals surface area contributed by atoms with Crippen LogP contribution in [0.2, 0.25) is 5.02 Å². The van der Waals surface area contributed by atoms with Crippen molar-refractivity contribution in [1.29, 1.82) is 0 Å². The Kier molecular flexibility index (Phi) is 1.85. The minimum absolute atomic E-state index is 0.150. The van der Waals surface area contributed by atoms with E-state index < -0.39 is 5.82 Å². The predicted molar refractivity (Wildman–Crippen MR) is 53.3 cm³/mol. The zero-order valence-corrected chi connectivity index (χ0v) is 7.48. The first kappa shape index (κ1) is 8.32.